The normalized spacial score (nSPS) is 14.9. The summed E-state index contributed by atoms with van der Waals surface area (Å²) < 4.78 is 11.7. The number of rotatable bonds is 6. The van der Waals surface area contributed by atoms with Crippen molar-refractivity contribution in [3.63, 3.8) is 0 Å². The third-order valence-electron chi connectivity index (χ3n) is 6.34. The van der Waals surface area contributed by atoms with Gasteiger partial charge in [0.1, 0.15) is 22.9 Å². The number of carboxylic acids is 1. The van der Waals surface area contributed by atoms with Gasteiger partial charge in [0.25, 0.3) is 0 Å². The number of para-hydroxylation sites is 2. The number of carbonyl (C=O) groups is 1. The van der Waals surface area contributed by atoms with Gasteiger partial charge in [-0.15, -0.1) is 24.8 Å². The second kappa shape index (κ2) is 13.1. The molecular weight excluding hydrogens is 539 g/mol. The van der Waals surface area contributed by atoms with Crippen LogP contribution in [0.15, 0.2) is 60.8 Å². The van der Waals surface area contributed by atoms with Gasteiger partial charge in [-0.25, -0.2) is 9.78 Å². The topological polar surface area (TPSA) is 78.4 Å². The molecule has 198 valence electrons. The molecule has 0 saturated carbocycles. The molecule has 2 aliphatic heterocycles. The molecule has 37 heavy (non-hydrogen) atoms. The molecule has 11 heteroatoms. The highest BCUT2D eigenvalue weighted by atomic mass is 35.5. The van der Waals surface area contributed by atoms with Crippen LogP contribution in [0.2, 0.25) is 5.02 Å². The molecule has 0 aliphatic carbocycles. The first-order valence-electron chi connectivity index (χ1n) is 11.7. The lowest BCUT2D eigenvalue weighted by Gasteiger charge is -2.36. The lowest BCUT2D eigenvalue weighted by atomic mass is 10.1. The average molecular weight is 568 g/mol. The molecule has 0 bridgehead atoms. The lowest BCUT2D eigenvalue weighted by molar-refractivity contribution is 0.0697. The number of piperazine rings is 1. The summed E-state index contributed by atoms with van der Waals surface area (Å²) in [6.07, 6.45) is 2.57. The van der Waals surface area contributed by atoms with E-state index >= 15 is 0 Å². The van der Waals surface area contributed by atoms with Crippen molar-refractivity contribution in [3.05, 3.63) is 71.4 Å². The quantitative estimate of drug-likeness (QED) is 0.427. The Bertz CT molecular complexity index is 1210. The van der Waals surface area contributed by atoms with Crippen LogP contribution < -0.4 is 19.3 Å². The summed E-state index contributed by atoms with van der Waals surface area (Å²) in [5.74, 6) is 1.11. The van der Waals surface area contributed by atoms with E-state index in [1.807, 2.05) is 36.4 Å². The molecule has 0 radical (unpaired) electrons. The first-order chi connectivity index (χ1) is 17.1. The van der Waals surface area contributed by atoms with Crippen LogP contribution >= 0.6 is 36.4 Å². The molecule has 2 aromatic carbocycles. The van der Waals surface area contributed by atoms with E-state index in [0.29, 0.717) is 10.8 Å². The van der Waals surface area contributed by atoms with Gasteiger partial charge in [-0.1, -0.05) is 23.7 Å². The van der Waals surface area contributed by atoms with Crippen LogP contribution in [0.3, 0.4) is 0 Å². The number of anilines is 3. The summed E-state index contributed by atoms with van der Waals surface area (Å²) >= 11 is 6.35. The van der Waals surface area contributed by atoms with E-state index in [1.165, 1.54) is 0 Å². The summed E-state index contributed by atoms with van der Waals surface area (Å²) in [6.45, 7) is 5.00. The van der Waals surface area contributed by atoms with Crippen LogP contribution in [-0.2, 0) is 0 Å². The highest BCUT2D eigenvalue weighted by molar-refractivity contribution is 6.31. The van der Waals surface area contributed by atoms with Crippen LogP contribution in [0.25, 0.3) is 0 Å². The number of fused-ring (bicyclic) bond motifs is 2. The van der Waals surface area contributed by atoms with E-state index in [4.69, 9.17) is 21.1 Å². The Hall–Kier alpha value is -2.91. The van der Waals surface area contributed by atoms with Gasteiger partial charge in [0.2, 0.25) is 6.79 Å². The predicted octanol–water partition coefficient (Wildman–Crippen LogP) is 5.36. The molecule has 1 aromatic heterocycles. The number of hydrogen-bond donors (Lipinski definition) is 1. The molecule has 0 unspecified atom stereocenters. The number of benzene rings is 2. The second-order valence-electron chi connectivity index (χ2n) is 8.50. The maximum atomic E-state index is 11.6. The van der Waals surface area contributed by atoms with Gasteiger partial charge < -0.3 is 24.4 Å². The van der Waals surface area contributed by atoms with Gasteiger partial charge in [0.15, 0.2) is 0 Å². The Labute approximate surface area is 233 Å². The molecule has 1 fully saturated rings. The first-order valence-corrected chi connectivity index (χ1v) is 12.1. The molecule has 8 nitrogen and oxygen atoms in total. The molecular formula is C26H29Cl3N4O4. The largest absolute Gasteiger partial charge is 0.478 e. The minimum absolute atomic E-state index is 0. The summed E-state index contributed by atoms with van der Waals surface area (Å²) in [5.41, 5.74) is 2.16. The van der Waals surface area contributed by atoms with Crippen LogP contribution in [0.5, 0.6) is 11.5 Å². The third kappa shape index (κ3) is 6.51. The molecule has 0 spiro atoms. The Morgan fingerprint density at radius 2 is 1.65 bits per heavy atom. The van der Waals surface area contributed by atoms with Crippen LogP contribution in [0.4, 0.5) is 17.2 Å². The predicted molar refractivity (Wildman–Crippen MR) is 150 cm³/mol. The number of carboxylic acid groups (broad SMARTS) is 1. The van der Waals surface area contributed by atoms with Gasteiger partial charge in [-0.2, -0.15) is 0 Å². The number of pyridine rings is 1. The molecule has 0 amide bonds. The summed E-state index contributed by atoms with van der Waals surface area (Å²) in [4.78, 5) is 22.5. The molecule has 1 saturated heterocycles. The van der Waals surface area contributed by atoms with Crippen LogP contribution in [0.1, 0.15) is 16.8 Å². The zero-order chi connectivity index (χ0) is 24.2. The molecule has 3 aromatic rings. The Morgan fingerprint density at radius 3 is 2.41 bits per heavy atom. The fourth-order valence-electron chi connectivity index (χ4n) is 4.60. The van der Waals surface area contributed by atoms with E-state index in [9.17, 15) is 9.90 Å². The van der Waals surface area contributed by atoms with Crippen molar-refractivity contribution in [2.75, 3.05) is 55.9 Å². The summed E-state index contributed by atoms with van der Waals surface area (Å²) in [7, 11) is 0. The van der Waals surface area contributed by atoms with Crippen molar-refractivity contribution in [2.24, 2.45) is 0 Å². The van der Waals surface area contributed by atoms with E-state index in [0.717, 1.165) is 68.6 Å². The van der Waals surface area contributed by atoms with Crippen molar-refractivity contribution >= 4 is 59.6 Å². The van der Waals surface area contributed by atoms with E-state index in [2.05, 4.69) is 25.8 Å². The van der Waals surface area contributed by atoms with Crippen molar-refractivity contribution in [2.45, 2.75) is 6.42 Å². The first kappa shape index (κ1) is 28.7. The molecule has 1 N–H and O–H groups in total. The van der Waals surface area contributed by atoms with Crippen LogP contribution in [0, 0.1) is 0 Å². The second-order valence-corrected chi connectivity index (χ2v) is 8.94. The summed E-state index contributed by atoms with van der Waals surface area (Å²) in [6, 6.07) is 16.9. The SMILES string of the molecule is Cl.Cl.O=C(O)c1cccnc1N1CCN(CCCN2c3ccccc3OCOc3ccc(Cl)cc32)CC1. The van der Waals surface area contributed by atoms with E-state index in [-0.39, 0.29) is 37.2 Å². The maximum absolute atomic E-state index is 11.6. The number of nitrogens with zero attached hydrogens (tertiary/aromatic N) is 4. The van der Waals surface area contributed by atoms with Gasteiger partial charge in [-0.3, -0.25) is 4.90 Å². The van der Waals surface area contributed by atoms with Gasteiger partial charge in [-0.05, 0) is 55.4 Å². The molecule has 5 rings (SSSR count). The minimum Gasteiger partial charge on any atom is -0.478 e. The fraction of sp³-hybridized carbons (Fsp3) is 0.308. The number of aromatic nitrogens is 1. The molecule has 2 aliphatic rings. The number of ether oxygens (including phenoxy) is 2. The van der Waals surface area contributed by atoms with Crippen LogP contribution in [-0.4, -0.2) is 67.0 Å². The fourth-order valence-corrected chi connectivity index (χ4v) is 4.77. The van der Waals surface area contributed by atoms with Crippen molar-refractivity contribution < 1.29 is 19.4 Å². The Morgan fingerprint density at radius 1 is 0.919 bits per heavy atom. The zero-order valence-electron chi connectivity index (χ0n) is 20.1. The number of aromatic carboxylic acids is 1. The monoisotopic (exact) mass is 566 g/mol. The number of halogens is 3. The Balaban J connectivity index is 0.00000190. The summed E-state index contributed by atoms with van der Waals surface area (Å²) in [5, 5.41) is 10.1. The van der Waals surface area contributed by atoms with Crippen molar-refractivity contribution in [1.82, 2.24) is 9.88 Å². The highest BCUT2D eigenvalue weighted by Gasteiger charge is 2.24. The maximum Gasteiger partial charge on any atom is 0.339 e. The van der Waals surface area contributed by atoms with Gasteiger partial charge >= 0.3 is 5.97 Å². The molecule has 0 atom stereocenters. The van der Waals surface area contributed by atoms with Gasteiger partial charge in [0.05, 0.1) is 11.4 Å². The third-order valence-corrected chi connectivity index (χ3v) is 6.58. The van der Waals surface area contributed by atoms with Gasteiger partial charge in [0, 0.05) is 43.9 Å². The number of hydrogen-bond acceptors (Lipinski definition) is 7. The van der Waals surface area contributed by atoms with Crippen molar-refractivity contribution in [3.8, 4) is 11.5 Å². The van der Waals surface area contributed by atoms with Crippen molar-refractivity contribution in [1.29, 1.82) is 0 Å². The minimum atomic E-state index is -0.947. The zero-order valence-corrected chi connectivity index (χ0v) is 22.5. The van der Waals surface area contributed by atoms with E-state index in [1.54, 1.807) is 18.3 Å². The molecule has 3 heterocycles. The Kier molecular flexibility index (Phi) is 10.1. The highest BCUT2D eigenvalue weighted by Crippen LogP contribution is 2.41. The average Bonchev–Trinajstić information content (AvgIpc) is 2.87. The standard InChI is InChI=1S/C26H27ClN4O4.2ClH/c27-19-8-9-24-22(17-19)31(21-6-1-2-7-23(21)34-18-35-24)12-4-11-29-13-15-30(16-14-29)25-20(26(32)33)5-3-10-28-25;;/h1-3,5-10,17H,4,11-16,18H2,(H,32,33);2*1H. The lowest BCUT2D eigenvalue weighted by Crippen LogP contribution is -2.47. The van der Waals surface area contributed by atoms with E-state index < -0.39 is 5.97 Å². The smallest absolute Gasteiger partial charge is 0.339 e.